The number of unbranched alkanes of at least 4 members (excludes halogenated alkanes) is 4. The molecule has 3 N–H and O–H groups in total. The second kappa shape index (κ2) is 10.4. The van der Waals surface area contributed by atoms with Crippen LogP contribution in [-0.4, -0.2) is 34.2 Å². The molecule has 0 aromatic heterocycles. The zero-order valence-corrected chi connectivity index (χ0v) is 15.4. The van der Waals surface area contributed by atoms with Crippen molar-refractivity contribution in [2.45, 2.75) is 97.0 Å². The van der Waals surface area contributed by atoms with Crippen LogP contribution in [0.15, 0.2) is 0 Å². The van der Waals surface area contributed by atoms with Crippen molar-refractivity contribution in [2.75, 3.05) is 6.61 Å². The fraction of sp³-hybridized carbons (Fsp3) is 0.947. The molecule has 0 saturated heterocycles. The first kappa shape index (κ1) is 21.4. The minimum absolute atomic E-state index is 0.00222. The van der Waals surface area contributed by atoms with Crippen molar-refractivity contribution in [3.63, 3.8) is 0 Å². The molecule has 0 aromatic rings. The molecule has 0 bridgehead atoms. The van der Waals surface area contributed by atoms with Gasteiger partial charge in [0.1, 0.15) is 0 Å². The van der Waals surface area contributed by atoms with Crippen LogP contribution in [0, 0.1) is 10.8 Å². The minimum atomic E-state index is -0.628. The number of hydrogen-bond acceptors (Lipinski definition) is 4. The number of carbonyl (C=O) groups is 1. The Morgan fingerprint density at radius 2 is 1.67 bits per heavy atom. The van der Waals surface area contributed by atoms with Gasteiger partial charge in [0, 0.05) is 0 Å². The predicted molar refractivity (Wildman–Crippen MR) is 93.8 cm³/mol. The molecule has 1 fully saturated rings. The van der Waals surface area contributed by atoms with Gasteiger partial charge in [-0.1, -0.05) is 52.4 Å². The fourth-order valence-corrected chi connectivity index (χ4v) is 3.29. The Labute approximate surface area is 146 Å². The zero-order valence-electron chi connectivity index (χ0n) is 15.4. The summed E-state index contributed by atoms with van der Waals surface area (Å²) in [6, 6.07) is 0. The Bertz CT molecular complexity index is 363. The summed E-state index contributed by atoms with van der Waals surface area (Å²) in [5.74, 6) is -0.628. The van der Waals surface area contributed by atoms with E-state index >= 15 is 0 Å². The standard InChI is InChI=1S/C19H36O5/c1-18(2,15-24-23)11-7-3-5-9-16(20)10-6-4-8-12-19(13-14-19)17(21)22/h16,20,23H,3-15H2,1-2H3,(H,21,22). The van der Waals surface area contributed by atoms with Crippen molar-refractivity contribution in [1.29, 1.82) is 0 Å². The Morgan fingerprint density at radius 3 is 2.17 bits per heavy atom. The summed E-state index contributed by atoms with van der Waals surface area (Å²) < 4.78 is 0. The molecule has 1 aliphatic carbocycles. The number of rotatable bonds is 15. The molecule has 1 unspecified atom stereocenters. The molecule has 24 heavy (non-hydrogen) atoms. The number of carboxylic acids is 1. The van der Waals surface area contributed by atoms with E-state index in [1.54, 1.807) is 0 Å². The molecule has 0 aliphatic heterocycles. The van der Waals surface area contributed by atoms with Crippen LogP contribution >= 0.6 is 0 Å². The largest absolute Gasteiger partial charge is 0.481 e. The topological polar surface area (TPSA) is 87.0 Å². The first-order valence-corrected chi connectivity index (χ1v) is 9.49. The van der Waals surface area contributed by atoms with Crippen LogP contribution in [0.25, 0.3) is 0 Å². The lowest BCUT2D eigenvalue weighted by Crippen LogP contribution is -2.18. The fourth-order valence-electron chi connectivity index (χ4n) is 3.29. The lowest BCUT2D eigenvalue weighted by Gasteiger charge is -2.22. The van der Waals surface area contributed by atoms with Gasteiger partial charge in [-0.25, -0.2) is 4.89 Å². The molecule has 0 spiro atoms. The van der Waals surface area contributed by atoms with Crippen molar-refractivity contribution in [1.82, 2.24) is 0 Å². The molecular formula is C19H36O5. The van der Waals surface area contributed by atoms with Gasteiger partial charge in [0.2, 0.25) is 0 Å². The molecule has 142 valence electrons. The number of carboxylic acid groups (broad SMARTS) is 1. The Kier molecular flexibility index (Phi) is 9.24. The molecule has 1 aliphatic rings. The normalized spacial score (nSPS) is 17.7. The zero-order chi connectivity index (χ0) is 18.1. The Balaban J connectivity index is 1.93. The average Bonchev–Trinajstić information content (AvgIpc) is 3.27. The summed E-state index contributed by atoms with van der Waals surface area (Å²) in [6.07, 6.45) is 11.1. The average molecular weight is 344 g/mol. The van der Waals surface area contributed by atoms with Crippen LogP contribution in [0.4, 0.5) is 0 Å². The van der Waals surface area contributed by atoms with Crippen LogP contribution in [0.1, 0.15) is 90.9 Å². The number of aliphatic hydroxyl groups excluding tert-OH is 1. The smallest absolute Gasteiger partial charge is 0.309 e. The summed E-state index contributed by atoms with van der Waals surface area (Å²) in [6.45, 7) is 4.52. The third kappa shape index (κ3) is 8.45. The van der Waals surface area contributed by atoms with Gasteiger partial charge in [-0.15, -0.1) is 0 Å². The Hall–Kier alpha value is -0.650. The highest BCUT2D eigenvalue weighted by molar-refractivity contribution is 5.77. The van der Waals surface area contributed by atoms with Crippen molar-refractivity contribution < 1.29 is 25.2 Å². The van der Waals surface area contributed by atoms with Gasteiger partial charge in [0.25, 0.3) is 0 Å². The maximum atomic E-state index is 11.1. The van der Waals surface area contributed by atoms with E-state index < -0.39 is 11.4 Å². The lowest BCUT2D eigenvalue weighted by molar-refractivity contribution is -0.260. The van der Waals surface area contributed by atoms with Crippen molar-refractivity contribution in [3.8, 4) is 0 Å². The third-order valence-electron chi connectivity index (χ3n) is 5.35. The summed E-state index contributed by atoms with van der Waals surface area (Å²) in [7, 11) is 0. The molecule has 0 radical (unpaired) electrons. The maximum absolute atomic E-state index is 11.1. The van der Waals surface area contributed by atoms with E-state index in [0.717, 1.165) is 77.0 Å². The van der Waals surface area contributed by atoms with Gasteiger partial charge in [-0.2, -0.15) is 0 Å². The molecule has 1 saturated carbocycles. The Morgan fingerprint density at radius 1 is 1.08 bits per heavy atom. The number of aliphatic hydroxyl groups is 1. The van der Waals surface area contributed by atoms with E-state index in [1.807, 2.05) is 0 Å². The van der Waals surface area contributed by atoms with Gasteiger partial charge in [-0.3, -0.25) is 10.1 Å². The highest BCUT2D eigenvalue weighted by Gasteiger charge is 2.49. The van der Waals surface area contributed by atoms with Crippen LogP contribution in [0.2, 0.25) is 0 Å². The monoisotopic (exact) mass is 344 g/mol. The van der Waals surface area contributed by atoms with E-state index in [0.29, 0.717) is 6.61 Å². The van der Waals surface area contributed by atoms with Gasteiger partial charge >= 0.3 is 5.97 Å². The second-order valence-electron chi connectivity index (χ2n) is 8.38. The van der Waals surface area contributed by atoms with Crippen LogP contribution in [-0.2, 0) is 9.68 Å². The van der Waals surface area contributed by atoms with Gasteiger partial charge in [-0.05, 0) is 43.9 Å². The molecule has 1 atom stereocenters. The highest BCUT2D eigenvalue weighted by atomic mass is 17.1. The molecule has 1 rings (SSSR count). The SMILES string of the molecule is CC(C)(CCCCCC(O)CCCCCC1(C(=O)O)CC1)COO. The van der Waals surface area contributed by atoms with Crippen LogP contribution in [0.3, 0.4) is 0 Å². The highest BCUT2D eigenvalue weighted by Crippen LogP contribution is 2.50. The van der Waals surface area contributed by atoms with Crippen molar-refractivity contribution in [3.05, 3.63) is 0 Å². The lowest BCUT2D eigenvalue weighted by atomic mass is 9.87. The maximum Gasteiger partial charge on any atom is 0.309 e. The van der Waals surface area contributed by atoms with Gasteiger partial charge in [0.05, 0.1) is 18.1 Å². The van der Waals surface area contributed by atoms with Gasteiger partial charge in [0.15, 0.2) is 0 Å². The van der Waals surface area contributed by atoms with E-state index in [1.165, 1.54) is 0 Å². The predicted octanol–water partition coefficient (Wildman–Crippen LogP) is 4.63. The summed E-state index contributed by atoms with van der Waals surface area (Å²) in [4.78, 5) is 15.3. The van der Waals surface area contributed by atoms with E-state index in [-0.39, 0.29) is 11.5 Å². The first-order valence-electron chi connectivity index (χ1n) is 9.49. The summed E-state index contributed by atoms with van der Waals surface area (Å²) in [5.41, 5.74) is -0.393. The van der Waals surface area contributed by atoms with Gasteiger partial charge < -0.3 is 10.2 Å². The van der Waals surface area contributed by atoms with Crippen LogP contribution in [0.5, 0.6) is 0 Å². The third-order valence-corrected chi connectivity index (χ3v) is 5.35. The van der Waals surface area contributed by atoms with Crippen LogP contribution < -0.4 is 0 Å². The van der Waals surface area contributed by atoms with E-state index in [9.17, 15) is 9.90 Å². The van der Waals surface area contributed by atoms with E-state index in [4.69, 9.17) is 10.4 Å². The molecule has 0 amide bonds. The molecule has 5 heteroatoms. The molecule has 0 heterocycles. The number of hydrogen-bond donors (Lipinski definition) is 3. The number of aliphatic carboxylic acids is 1. The quantitative estimate of drug-likeness (QED) is 0.229. The minimum Gasteiger partial charge on any atom is -0.481 e. The second-order valence-corrected chi connectivity index (χ2v) is 8.38. The molecular weight excluding hydrogens is 308 g/mol. The van der Waals surface area contributed by atoms with Crippen molar-refractivity contribution >= 4 is 5.97 Å². The van der Waals surface area contributed by atoms with Crippen molar-refractivity contribution in [2.24, 2.45) is 10.8 Å². The summed E-state index contributed by atoms with van der Waals surface area (Å²) in [5, 5.41) is 27.6. The first-order chi connectivity index (χ1) is 11.3. The molecule has 5 nitrogen and oxygen atoms in total. The molecule has 0 aromatic carbocycles. The summed E-state index contributed by atoms with van der Waals surface area (Å²) >= 11 is 0. The van der Waals surface area contributed by atoms with E-state index in [2.05, 4.69) is 18.7 Å².